The van der Waals surface area contributed by atoms with Crippen molar-refractivity contribution in [1.29, 1.82) is 0 Å². The van der Waals surface area contributed by atoms with Crippen LogP contribution in [-0.2, 0) is 14.8 Å². The number of sulfonamides is 1. The quantitative estimate of drug-likeness (QED) is 0.824. The Morgan fingerprint density at radius 3 is 2.68 bits per heavy atom. The number of hydrogen-bond donors (Lipinski definition) is 2. The number of benzene rings is 1. The summed E-state index contributed by atoms with van der Waals surface area (Å²) < 4.78 is 32.9. The third kappa shape index (κ3) is 3.46. The Labute approximate surface area is 114 Å². The van der Waals surface area contributed by atoms with Gasteiger partial charge in [-0.2, -0.15) is 0 Å². The van der Waals surface area contributed by atoms with Crippen molar-refractivity contribution in [1.82, 2.24) is 4.72 Å². The van der Waals surface area contributed by atoms with Crippen molar-refractivity contribution in [2.45, 2.75) is 43.2 Å². The van der Waals surface area contributed by atoms with E-state index >= 15 is 0 Å². The van der Waals surface area contributed by atoms with Crippen molar-refractivity contribution < 1.29 is 13.2 Å². The molecule has 1 fully saturated rings. The van der Waals surface area contributed by atoms with Crippen LogP contribution in [0.25, 0.3) is 0 Å². The second-order valence-corrected chi connectivity index (χ2v) is 7.14. The van der Waals surface area contributed by atoms with Gasteiger partial charge in [0.2, 0.25) is 10.0 Å². The maximum atomic E-state index is 12.3. The Bertz CT molecular complexity index is 555. The fourth-order valence-corrected chi connectivity index (χ4v) is 3.74. The van der Waals surface area contributed by atoms with Crippen LogP contribution in [0, 0.1) is 0 Å². The first-order valence-corrected chi connectivity index (χ1v) is 7.79. The van der Waals surface area contributed by atoms with Crippen LogP contribution in [0.4, 0.5) is 5.69 Å². The number of nitrogens with one attached hydrogen (secondary N) is 1. The molecule has 1 atom stereocenters. The van der Waals surface area contributed by atoms with E-state index in [1.54, 1.807) is 18.2 Å². The standard InChI is InChI=1S/C13H20N2O3S/c1-13(2)9-10(7-8-18-13)15-19(16,17)12-6-4-3-5-11(12)14/h3-6,10,15H,7-9,14H2,1-2H3. The van der Waals surface area contributed by atoms with Crippen molar-refractivity contribution in [3.63, 3.8) is 0 Å². The molecular formula is C13H20N2O3S. The minimum atomic E-state index is -3.57. The molecule has 1 aliphatic rings. The predicted octanol–water partition coefficient (Wildman–Crippen LogP) is 1.50. The van der Waals surface area contributed by atoms with Gasteiger partial charge in [0.15, 0.2) is 0 Å². The summed E-state index contributed by atoms with van der Waals surface area (Å²) in [6.07, 6.45) is 1.33. The number of nitrogens with two attached hydrogens (primary N) is 1. The molecule has 2 rings (SSSR count). The topological polar surface area (TPSA) is 81.4 Å². The highest BCUT2D eigenvalue weighted by molar-refractivity contribution is 7.89. The molecule has 5 nitrogen and oxygen atoms in total. The van der Waals surface area contributed by atoms with Crippen LogP contribution in [-0.4, -0.2) is 26.7 Å². The molecule has 6 heteroatoms. The molecule has 0 spiro atoms. The van der Waals surface area contributed by atoms with Crippen molar-refractivity contribution >= 4 is 15.7 Å². The fraction of sp³-hybridized carbons (Fsp3) is 0.538. The van der Waals surface area contributed by atoms with Crippen LogP contribution in [0.15, 0.2) is 29.2 Å². The Balaban J connectivity index is 2.16. The summed E-state index contributed by atoms with van der Waals surface area (Å²) in [5.74, 6) is 0. The van der Waals surface area contributed by atoms with E-state index in [1.165, 1.54) is 6.07 Å². The molecule has 19 heavy (non-hydrogen) atoms. The van der Waals surface area contributed by atoms with Gasteiger partial charge in [0.05, 0.1) is 11.3 Å². The van der Waals surface area contributed by atoms with Gasteiger partial charge in [-0.15, -0.1) is 0 Å². The Morgan fingerprint density at radius 2 is 2.05 bits per heavy atom. The minimum absolute atomic E-state index is 0.117. The van der Waals surface area contributed by atoms with Crippen LogP contribution >= 0.6 is 0 Å². The molecule has 3 N–H and O–H groups in total. The van der Waals surface area contributed by atoms with E-state index < -0.39 is 10.0 Å². The lowest BCUT2D eigenvalue weighted by molar-refractivity contribution is -0.0599. The van der Waals surface area contributed by atoms with E-state index in [-0.39, 0.29) is 22.2 Å². The van der Waals surface area contributed by atoms with Gasteiger partial charge < -0.3 is 10.5 Å². The van der Waals surface area contributed by atoms with Crippen LogP contribution in [0.5, 0.6) is 0 Å². The number of ether oxygens (including phenoxy) is 1. The number of para-hydroxylation sites is 1. The SMILES string of the molecule is CC1(C)CC(NS(=O)(=O)c2ccccc2N)CCO1. The molecule has 1 aromatic rings. The zero-order chi connectivity index (χ0) is 14.1. The van der Waals surface area contributed by atoms with Crippen molar-refractivity contribution in [3.05, 3.63) is 24.3 Å². The van der Waals surface area contributed by atoms with Crippen LogP contribution in [0.3, 0.4) is 0 Å². The van der Waals surface area contributed by atoms with Crippen molar-refractivity contribution in [2.75, 3.05) is 12.3 Å². The lowest BCUT2D eigenvalue weighted by atomic mass is 9.95. The van der Waals surface area contributed by atoms with E-state index in [9.17, 15) is 8.42 Å². The summed E-state index contributed by atoms with van der Waals surface area (Å²) in [6.45, 7) is 4.49. The molecule has 0 bridgehead atoms. The van der Waals surface area contributed by atoms with E-state index in [1.807, 2.05) is 13.8 Å². The molecule has 1 aliphatic heterocycles. The Morgan fingerprint density at radius 1 is 1.37 bits per heavy atom. The van der Waals surface area contributed by atoms with Crippen molar-refractivity contribution in [3.8, 4) is 0 Å². The summed E-state index contributed by atoms with van der Waals surface area (Å²) in [6, 6.07) is 6.36. The van der Waals surface area contributed by atoms with Gasteiger partial charge in [-0.1, -0.05) is 12.1 Å². The average Bonchev–Trinajstić information content (AvgIpc) is 2.27. The van der Waals surface area contributed by atoms with E-state index in [2.05, 4.69) is 4.72 Å². The molecule has 106 valence electrons. The molecular weight excluding hydrogens is 264 g/mol. The highest BCUT2D eigenvalue weighted by Gasteiger charge is 2.32. The van der Waals surface area contributed by atoms with Crippen LogP contribution in [0.2, 0.25) is 0 Å². The molecule has 1 heterocycles. The molecule has 0 radical (unpaired) electrons. The first kappa shape index (κ1) is 14.3. The first-order chi connectivity index (χ1) is 8.80. The molecule has 0 aromatic heterocycles. The van der Waals surface area contributed by atoms with Gasteiger partial charge in [-0.3, -0.25) is 0 Å². The maximum Gasteiger partial charge on any atom is 0.242 e. The van der Waals surface area contributed by atoms with Crippen molar-refractivity contribution in [2.24, 2.45) is 0 Å². The monoisotopic (exact) mass is 284 g/mol. The lowest BCUT2D eigenvalue weighted by Gasteiger charge is -2.35. The second kappa shape index (κ2) is 5.11. The normalized spacial score (nSPS) is 23.2. The van der Waals surface area contributed by atoms with Gasteiger partial charge in [0.25, 0.3) is 0 Å². The Hall–Kier alpha value is -1.11. The molecule has 1 unspecified atom stereocenters. The minimum Gasteiger partial charge on any atom is -0.398 e. The van der Waals surface area contributed by atoms with Gasteiger partial charge in [-0.25, -0.2) is 13.1 Å². The predicted molar refractivity (Wildman–Crippen MR) is 74.2 cm³/mol. The number of rotatable bonds is 3. The molecule has 0 saturated carbocycles. The third-order valence-electron chi connectivity index (χ3n) is 3.23. The summed E-state index contributed by atoms with van der Waals surface area (Å²) >= 11 is 0. The van der Waals surface area contributed by atoms with E-state index in [0.29, 0.717) is 19.4 Å². The summed E-state index contributed by atoms with van der Waals surface area (Å²) in [5.41, 5.74) is 5.69. The number of nitrogen functional groups attached to an aromatic ring is 1. The zero-order valence-electron chi connectivity index (χ0n) is 11.2. The maximum absolute atomic E-state index is 12.3. The molecule has 1 aromatic carbocycles. The van der Waals surface area contributed by atoms with Gasteiger partial charge in [0, 0.05) is 12.6 Å². The average molecular weight is 284 g/mol. The van der Waals surface area contributed by atoms with Gasteiger partial charge in [-0.05, 0) is 38.8 Å². The van der Waals surface area contributed by atoms with Gasteiger partial charge >= 0.3 is 0 Å². The number of hydrogen-bond acceptors (Lipinski definition) is 4. The third-order valence-corrected chi connectivity index (χ3v) is 4.82. The number of anilines is 1. The van der Waals surface area contributed by atoms with Crippen LogP contribution < -0.4 is 10.5 Å². The zero-order valence-corrected chi connectivity index (χ0v) is 12.0. The fourth-order valence-electron chi connectivity index (χ4n) is 2.34. The largest absolute Gasteiger partial charge is 0.398 e. The van der Waals surface area contributed by atoms with Crippen LogP contribution in [0.1, 0.15) is 26.7 Å². The first-order valence-electron chi connectivity index (χ1n) is 6.31. The lowest BCUT2D eigenvalue weighted by Crippen LogP contribution is -2.45. The summed E-state index contributed by atoms with van der Waals surface area (Å²) in [4.78, 5) is 0.138. The van der Waals surface area contributed by atoms with E-state index in [4.69, 9.17) is 10.5 Å². The molecule has 0 amide bonds. The second-order valence-electron chi connectivity index (χ2n) is 5.46. The van der Waals surface area contributed by atoms with E-state index in [0.717, 1.165) is 0 Å². The smallest absolute Gasteiger partial charge is 0.242 e. The molecule has 1 saturated heterocycles. The summed E-state index contributed by atoms with van der Waals surface area (Å²) in [7, 11) is -3.57. The molecule has 0 aliphatic carbocycles. The highest BCUT2D eigenvalue weighted by atomic mass is 32.2. The summed E-state index contributed by atoms with van der Waals surface area (Å²) in [5, 5.41) is 0. The van der Waals surface area contributed by atoms with Gasteiger partial charge in [0.1, 0.15) is 4.90 Å². The Kier molecular flexibility index (Phi) is 3.85. The highest BCUT2D eigenvalue weighted by Crippen LogP contribution is 2.26.